The van der Waals surface area contributed by atoms with Crippen LogP contribution in [0, 0.1) is 5.92 Å². The zero-order chi connectivity index (χ0) is 32.2. The van der Waals surface area contributed by atoms with Gasteiger partial charge in [0.25, 0.3) is 0 Å². The summed E-state index contributed by atoms with van der Waals surface area (Å²) in [4.78, 5) is 51.7. The van der Waals surface area contributed by atoms with Crippen LogP contribution in [0.1, 0.15) is 68.8 Å². The molecule has 0 radical (unpaired) electrons. The van der Waals surface area contributed by atoms with Crippen LogP contribution >= 0.6 is 15.9 Å². The lowest BCUT2D eigenvalue weighted by molar-refractivity contribution is -0.247. The molecule has 0 aromatic heterocycles. The van der Waals surface area contributed by atoms with Crippen LogP contribution in [0.3, 0.4) is 0 Å². The number of aliphatic hydroxyl groups is 1. The minimum absolute atomic E-state index is 0.0184. The lowest BCUT2D eigenvalue weighted by Crippen LogP contribution is -2.57. The standard InChI is InChI=1S/C29H27BrF3NO10/c1-10-23(36)14(34-28(41)29(31,32)33)8-18(43-10)44-17-7-11(15(35)9-30)6-13-20(17)27(40)22-21(25(13)38)24(37)12-4-3-5-16(42-2)19(12)26(22)39/h3-5,10-11,14,17-18,23,36,38,40H,6-9H2,1-2H3,(H,34,41)/t10-,11+,14-,17-,18-,23-/m0/s1. The summed E-state index contributed by atoms with van der Waals surface area (Å²) in [6, 6.07) is 2.89. The number of carbonyl (C=O) groups excluding carboxylic acids is 4. The second kappa shape index (κ2) is 11.8. The third-order valence-corrected chi connectivity index (χ3v) is 8.77. The summed E-state index contributed by atoms with van der Waals surface area (Å²) in [5.41, 5.74) is -1.23. The Morgan fingerprint density at radius 2 is 1.77 bits per heavy atom. The van der Waals surface area contributed by atoms with Crippen LogP contribution in [0.4, 0.5) is 13.2 Å². The van der Waals surface area contributed by atoms with Crippen molar-refractivity contribution < 1.29 is 61.9 Å². The van der Waals surface area contributed by atoms with E-state index in [0.717, 1.165) is 0 Å². The van der Waals surface area contributed by atoms with Crippen molar-refractivity contribution in [3.63, 3.8) is 0 Å². The number of nitrogens with one attached hydrogen (secondary N) is 1. The van der Waals surface area contributed by atoms with Crippen molar-refractivity contribution in [1.82, 2.24) is 5.32 Å². The zero-order valence-electron chi connectivity index (χ0n) is 23.2. The number of amides is 1. The van der Waals surface area contributed by atoms with Gasteiger partial charge < -0.3 is 34.8 Å². The minimum Gasteiger partial charge on any atom is -0.507 e. The van der Waals surface area contributed by atoms with Crippen molar-refractivity contribution in [3.8, 4) is 17.2 Å². The number of hydrogen-bond donors (Lipinski definition) is 4. The molecule has 6 atom stereocenters. The van der Waals surface area contributed by atoms with Gasteiger partial charge >= 0.3 is 12.1 Å². The molecule has 15 heteroatoms. The Labute approximate surface area is 256 Å². The number of carbonyl (C=O) groups is 4. The van der Waals surface area contributed by atoms with E-state index in [2.05, 4.69) is 15.9 Å². The lowest BCUT2D eigenvalue weighted by atomic mass is 9.74. The van der Waals surface area contributed by atoms with E-state index in [9.17, 15) is 47.7 Å². The van der Waals surface area contributed by atoms with Gasteiger partial charge in [0.15, 0.2) is 12.1 Å². The van der Waals surface area contributed by atoms with Gasteiger partial charge in [0.2, 0.25) is 5.78 Å². The van der Waals surface area contributed by atoms with Crippen molar-refractivity contribution in [2.45, 2.75) is 63.0 Å². The monoisotopic (exact) mass is 685 g/mol. The molecule has 11 nitrogen and oxygen atoms in total. The number of benzene rings is 2. The summed E-state index contributed by atoms with van der Waals surface area (Å²) in [7, 11) is 1.30. The molecular formula is C29H27BrF3NO10. The number of phenols is 2. The molecule has 4 N–H and O–H groups in total. The zero-order valence-corrected chi connectivity index (χ0v) is 24.8. The van der Waals surface area contributed by atoms with Gasteiger partial charge in [-0.2, -0.15) is 13.2 Å². The third kappa shape index (κ3) is 5.35. The predicted molar refractivity (Wildman–Crippen MR) is 147 cm³/mol. The van der Waals surface area contributed by atoms with Gasteiger partial charge in [-0.25, -0.2) is 0 Å². The van der Waals surface area contributed by atoms with Crippen LogP contribution in [0.2, 0.25) is 0 Å². The van der Waals surface area contributed by atoms with Gasteiger partial charge in [-0.05, 0) is 25.8 Å². The van der Waals surface area contributed by atoms with Gasteiger partial charge in [0.05, 0.1) is 47.4 Å². The molecular weight excluding hydrogens is 659 g/mol. The number of aliphatic hydroxyl groups excluding tert-OH is 1. The molecule has 2 aromatic carbocycles. The molecule has 44 heavy (non-hydrogen) atoms. The fraction of sp³-hybridized carbons (Fsp3) is 0.448. The van der Waals surface area contributed by atoms with Crippen LogP contribution in [-0.2, 0) is 25.5 Å². The molecule has 1 saturated heterocycles. The third-order valence-electron chi connectivity index (χ3n) is 8.22. The summed E-state index contributed by atoms with van der Waals surface area (Å²) >= 11 is 3.11. The molecule has 1 aliphatic heterocycles. The number of fused-ring (bicyclic) bond motifs is 3. The normalized spacial score (nSPS) is 26.3. The van der Waals surface area contributed by atoms with Crippen molar-refractivity contribution in [2.75, 3.05) is 12.4 Å². The van der Waals surface area contributed by atoms with E-state index in [1.54, 1.807) is 5.32 Å². The highest BCUT2D eigenvalue weighted by atomic mass is 79.9. The quantitative estimate of drug-likeness (QED) is 0.224. The number of aromatic hydroxyl groups is 2. The first kappa shape index (κ1) is 31.9. The molecule has 1 fully saturated rings. The maximum Gasteiger partial charge on any atom is 0.471 e. The van der Waals surface area contributed by atoms with Gasteiger partial charge in [0, 0.05) is 29.0 Å². The van der Waals surface area contributed by atoms with E-state index in [1.807, 2.05) is 0 Å². The molecule has 2 aromatic rings. The Hall–Kier alpha value is -3.53. The topological polar surface area (TPSA) is 169 Å². The SMILES string of the molecule is COc1cccc2c1C(=O)c1c(O)c3c(c(O)c1C2=O)C[C@@H](C(=O)CBr)C[C@@H]3O[C@H]1C[C@H](NC(=O)C(F)(F)F)[C@@H](O)[C@H](C)O1. The van der Waals surface area contributed by atoms with Gasteiger partial charge in [-0.15, -0.1) is 0 Å². The largest absolute Gasteiger partial charge is 0.507 e. The number of halogens is 4. The maximum atomic E-state index is 13.7. The molecule has 3 aliphatic rings. The predicted octanol–water partition coefficient (Wildman–Crippen LogP) is 3.01. The molecule has 0 bridgehead atoms. The Balaban J connectivity index is 1.58. The number of rotatable bonds is 6. The van der Waals surface area contributed by atoms with Gasteiger partial charge in [-0.1, -0.05) is 28.1 Å². The van der Waals surface area contributed by atoms with Gasteiger partial charge in [-0.3, -0.25) is 19.2 Å². The number of ether oxygens (including phenoxy) is 3. The van der Waals surface area contributed by atoms with E-state index < -0.39 is 89.3 Å². The van der Waals surface area contributed by atoms with E-state index in [1.165, 1.54) is 32.2 Å². The Kier molecular flexibility index (Phi) is 8.52. The van der Waals surface area contributed by atoms with Crippen LogP contribution in [0.5, 0.6) is 17.2 Å². The fourth-order valence-electron chi connectivity index (χ4n) is 6.07. The Morgan fingerprint density at radius 3 is 2.41 bits per heavy atom. The van der Waals surface area contributed by atoms with Crippen LogP contribution in [0.25, 0.3) is 0 Å². The smallest absolute Gasteiger partial charge is 0.471 e. The molecule has 2 aliphatic carbocycles. The molecule has 5 rings (SSSR count). The highest BCUT2D eigenvalue weighted by Crippen LogP contribution is 2.51. The highest BCUT2D eigenvalue weighted by molar-refractivity contribution is 9.09. The van der Waals surface area contributed by atoms with Crippen molar-refractivity contribution in [2.24, 2.45) is 5.92 Å². The van der Waals surface area contributed by atoms with E-state index in [4.69, 9.17) is 14.2 Å². The molecule has 236 valence electrons. The first-order valence-electron chi connectivity index (χ1n) is 13.5. The lowest BCUT2D eigenvalue weighted by Gasteiger charge is -2.41. The fourth-order valence-corrected chi connectivity index (χ4v) is 6.53. The van der Waals surface area contributed by atoms with Crippen molar-refractivity contribution in [3.05, 3.63) is 51.6 Å². The number of phenolic OH excluding ortho intramolecular Hbond substituents is 2. The van der Waals surface area contributed by atoms with Crippen LogP contribution < -0.4 is 10.1 Å². The molecule has 0 saturated carbocycles. The first-order valence-corrected chi connectivity index (χ1v) is 14.6. The summed E-state index contributed by atoms with van der Waals surface area (Å²) in [5.74, 6) is -6.17. The Bertz CT molecular complexity index is 1560. The molecule has 1 amide bonds. The van der Waals surface area contributed by atoms with E-state index in [-0.39, 0.29) is 52.0 Å². The molecule has 1 heterocycles. The van der Waals surface area contributed by atoms with E-state index >= 15 is 0 Å². The number of alkyl halides is 4. The summed E-state index contributed by atoms with van der Waals surface area (Å²) in [6.07, 6.45) is -11.1. The Morgan fingerprint density at radius 1 is 1.09 bits per heavy atom. The van der Waals surface area contributed by atoms with Crippen LogP contribution in [0.15, 0.2) is 18.2 Å². The molecule has 0 unspecified atom stereocenters. The van der Waals surface area contributed by atoms with E-state index in [0.29, 0.717) is 0 Å². The average molecular weight is 686 g/mol. The van der Waals surface area contributed by atoms with Crippen LogP contribution in [-0.4, -0.2) is 81.7 Å². The number of hydrogen-bond acceptors (Lipinski definition) is 10. The number of methoxy groups -OCH3 is 1. The second-order valence-electron chi connectivity index (χ2n) is 10.8. The highest BCUT2D eigenvalue weighted by Gasteiger charge is 2.47. The molecule has 0 spiro atoms. The van der Waals surface area contributed by atoms with Crippen molar-refractivity contribution >= 4 is 39.2 Å². The van der Waals surface area contributed by atoms with Gasteiger partial charge in [0.1, 0.15) is 29.1 Å². The maximum absolute atomic E-state index is 13.7. The minimum atomic E-state index is -5.21. The first-order chi connectivity index (χ1) is 20.7. The number of ketones is 3. The second-order valence-corrected chi connectivity index (χ2v) is 11.4. The summed E-state index contributed by atoms with van der Waals surface area (Å²) < 4.78 is 55.8. The number of Topliss-reactive ketones (excluding diaryl/α,β-unsaturated/α-hetero) is 1. The summed E-state index contributed by atoms with van der Waals surface area (Å²) in [6.45, 7) is 1.35. The average Bonchev–Trinajstić information content (AvgIpc) is 2.98. The van der Waals surface area contributed by atoms with Crippen molar-refractivity contribution in [1.29, 1.82) is 0 Å². The summed E-state index contributed by atoms with van der Waals surface area (Å²) in [5, 5.41) is 35.0.